The van der Waals surface area contributed by atoms with Gasteiger partial charge in [-0.3, -0.25) is 0 Å². The van der Waals surface area contributed by atoms with Crippen LogP contribution >= 0.6 is 0 Å². The van der Waals surface area contributed by atoms with Gasteiger partial charge in [0.25, 0.3) is 0 Å². The molecule has 0 aliphatic carbocycles. The average molecular weight is 387 g/mol. The summed E-state index contributed by atoms with van der Waals surface area (Å²) in [6.45, 7) is 0. The maximum atomic E-state index is 2.35. The van der Waals surface area contributed by atoms with Crippen molar-refractivity contribution in [1.82, 2.24) is 0 Å². The third-order valence-electron chi connectivity index (χ3n) is 2.67. The molecule has 0 radical (unpaired) electrons. The molecule has 72 valence electrons. The van der Waals surface area contributed by atoms with Crippen molar-refractivity contribution in [2.45, 2.75) is 0 Å². The molecule has 0 saturated carbocycles. The SMILES string of the molecule is c1cc2[se][se]c3cccc4[se]c(c1)c2c34. The predicted octanol–water partition coefficient (Wildman–Crippen LogP) is 2.32. The van der Waals surface area contributed by atoms with Gasteiger partial charge in [0, 0.05) is 0 Å². The van der Waals surface area contributed by atoms with Crippen molar-refractivity contribution in [2.24, 2.45) is 0 Å². The average Bonchev–Trinajstić information content (AvgIpc) is 2.66. The molecule has 0 N–H and O–H groups in total. The normalized spacial score (nSPS) is 12.0. The Morgan fingerprint density at radius 3 is 1.60 bits per heavy atom. The molecule has 0 bridgehead atoms. The van der Waals surface area contributed by atoms with E-state index in [1.165, 1.54) is 0 Å². The van der Waals surface area contributed by atoms with Crippen molar-refractivity contribution in [2.75, 3.05) is 0 Å². The van der Waals surface area contributed by atoms with Gasteiger partial charge in [0.05, 0.1) is 0 Å². The van der Waals surface area contributed by atoms with Gasteiger partial charge in [0.15, 0.2) is 0 Å². The zero-order valence-electron chi connectivity index (χ0n) is 7.69. The Labute approximate surface area is 103 Å². The van der Waals surface area contributed by atoms with Crippen molar-refractivity contribution >= 4 is 67.6 Å². The van der Waals surface area contributed by atoms with E-state index in [4.69, 9.17) is 0 Å². The van der Waals surface area contributed by atoms with Crippen molar-refractivity contribution in [1.29, 1.82) is 0 Å². The number of benzene rings is 2. The summed E-state index contributed by atoms with van der Waals surface area (Å²) >= 11 is 2.03. The van der Waals surface area contributed by atoms with Gasteiger partial charge in [-0.15, -0.1) is 0 Å². The monoisotopic (exact) mass is 390 g/mol. The second-order valence-electron chi connectivity index (χ2n) is 3.53. The molecule has 0 spiro atoms. The van der Waals surface area contributed by atoms with E-state index in [1.54, 1.807) is 27.8 Å². The molecule has 0 unspecified atom stereocenters. The molecule has 0 atom stereocenters. The first kappa shape index (κ1) is 9.07. The first-order valence-corrected chi connectivity index (χ1v) is 12.5. The second kappa shape index (κ2) is 3.24. The molecule has 0 aliphatic rings. The minimum atomic E-state index is 0.577. The molecule has 3 heteroatoms. The molecule has 4 aromatic rings. The van der Waals surface area contributed by atoms with Gasteiger partial charge in [-0.1, -0.05) is 0 Å². The van der Waals surface area contributed by atoms with Crippen molar-refractivity contribution in [3.63, 3.8) is 0 Å². The van der Waals surface area contributed by atoms with Gasteiger partial charge >= 0.3 is 104 Å². The standard InChI is InChI=1S/C12H6Se3/c1-3-7-11-9(5-1)14-15-10-6-2-4-8(13-7)12(10)11/h1-6H. The van der Waals surface area contributed by atoms with E-state index >= 15 is 0 Å². The van der Waals surface area contributed by atoms with Crippen LogP contribution in [0.5, 0.6) is 0 Å². The molecular formula is C12H6Se3. The van der Waals surface area contributed by atoms with Crippen molar-refractivity contribution in [3.8, 4) is 0 Å². The van der Waals surface area contributed by atoms with Crippen LogP contribution in [0.1, 0.15) is 0 Å². The third-order valence-corrected chi connectivity index (χ3v) is 12.2. The number of hydrogen-bond acceptors (Lipinski definition) is 0. The Morgan fingerprint density at radius 2 is 1.07 bits per heavy atom. The van der Waals surface area contributed by atoms with Gasteiger partial charge in [-0.05, 0) is 0 Å². The Bertz CT molecular complexity index is 705. The maximum absolute atomic E-state index is 2.35. The zero-order chi connectivity index (χ0) is 9.83. The molecule has 4 rings (SSSR count). The predicted molar refractivity (Wildman–Crippen MR) is 69.8 cm³/mol. The van der Waals surface area contributed by atoms with Crippen LogP contribution in [-0.2, 0) is 0 Å². The molecule has 15 heavy (non-hydrogen) atoms. The third kappa shape index (κ3) is 1.20. The van der Waals surface area contributed by atoms with Gasteiger partial charge in [0.1, 0.15) is 0 Å². The molecule has 2 aromatic heterocycles. The van der Waals surface area contributed by atoms with Crippen LogP contribution in [0.3, 0.4) is 0 Å². The van der Waals surface area contributed by atoms with Gasteiger partial charge < -0.3 is 0 Å². The van der Waals surface area contributed by atoms with Crippen LogP contribution in [0.4, 0.5) is 0 Å². The fourth-order valence-electron chi connectivity index (χ4n) is 2.03. The Hall–Kier alpha value is -0.00156. The summed E-state index contributed by atoms with van der Waals surface area (Å²) in [5, 5.41) is 3.27. The Kier molecular flexibility index (Phi) is 1.96. The summed E-state index contributed by atoms with van der Waals surface area (Å²) < 4.78 is 6.58. The summed E-state index contributed by atoms with van der Waals surface area (Å²) in [6, 6.07) is 13.9. The van der Waals surface area contributed by atoms with Crippen LogP contribution in [0, 0.1) is 0 Å². The number of hydrogen-bond donors (Lipinski definition) is 0. The summed E-state index contributed by atoms with van der Waals surface area (Å²) in [6.07, 6.45) is 0. The van der Waals surface area contributed by atoms with E-state index in [1.807, 2.05) is 0 Å². The zero-order valence-corrected chi connectivity index (χ0v) is 12.8. The van der Waals surface area contributed by atoms with E-state index in [0.29, 0.717) is 14.5 Å². The number of rotatable bonds is 0. The molecule has 0 nitrogen and oxygen atoms in total. The summed E-state index contributed by atoms with van der Waals surface area (Å²) in [5.74, 6) is 0. The van der Waals surface area contributed by atoms with Crippen molar-refractivity contribution < 1.29 is 0 Å². The quantitative estimate of drug-likeness (QED) is 0.321. The summed E-state index contributed by atoms with van der Waals surface area (Å²) in [7, 11) is 0. The molecule has 0 amide bonds. The molecule has 2 heterocycles. The first-order valence-electron chi connectivity index (χ1n) is 4.72. The van der Waals surface area contributed by atoms with E-state index < -0.39 is 0 Å². The molecule has 0 saturated heterocycles. The Balaban J connectivity index is 2.54. The molecular weight excluding hydrogens is 381 g/mol. The molecule has 0 aliphatic heterocycles. The van der Waals surface area contributed by atoms with Crippen LogP contribution in [-0.4, -0.2) is 39.8 Å². The van der Waals surface area contributed by atoms with E-state index in [9.17, 15) is 0 Å². The van der Waals surface area contributed by atoms with Crippen molar-refractivity contribution in [3.05, 3.63) is 36.4 Å². The van der Waals surface area contributed by atoms with Gasteiger partial charge in [0.2, 0.25) is 0 Å². The van der Waals surface area contributed by atoms with Crippen LogP contribution in [0.25, 0.3) is 27.8 Å². The van der Waals surface area contributed by atoms with Gasteiger partial charge in [-0.25, -0.2) is 0 Å². The topological polar surface area (TPSA) is 0 Å². The Morgan fingerprint density at radius 1 is 0.600 bits per heavy atom. The summed E-state index contributed by atoms with van der Waals surface area (Å²) in [4.78, 5) is 0. The van der Waals surface area contributed by atoms with Crippen LogP contribution in [0.15, 0.2) is 36.4 Å². The summed E-state index contributed by atoms with van der Waals surface area (Å²) in [5.41, 5.74) is 0. The fraction of sp³-hybridized carbons (Fsp3) is 0. The van der Waals surface area contributed by atoms with Crippen LogP contribution < -0.4 is 0 Å². The van der Waals surface area contributed by atoms with E-state index in [2.05, 4.69) is 36.4 Å². The molecule has 0 fully saturated rings. The second-order valence-corrected chi connectivity index (χ2v) is 12.0. The van der Waals surface area contributed by atoms with E-state index in [0.717, 1.165) is 25.3 Å². The minimum absolute atomic E-state index is 0.577. The molecule has 2 aromatic carbocycles. The van der Waals surface area contributed by atoms with Gasteiger partial charge in [-0.2, -0.15) is 0 Å². The fourth-order valence-corrected chi connectivity index (χ4v) is 12.3. The van der Waals surface area contributed by atoms with Crippen LogP contribution in [0.2, 0.25) is 0 Å². The first-order chi connectivity index (χ1) is 7.43. The van der Waals surface area contributed by atoms with E-state index in [-0.39, 0.29) is 0 Å².